The summed E-state index contributed by atoms with van der Waals surface area (Å²) in [7, 11) is 0. The molecule has 1 atom stereocenters. The van der Waals surface area contributed by atoms with Gasteiger partial charge in [-0.2, -0.15) is 13.2 Å². The van der Waals surface area contributed by atoms with E-state index in [-0.39, 0.29) is 17.5 Å². The number of nitrogens with two attached hydrogens (primary N) is 1. The molecule has 2 aromatic heterocycles. The molecule has 0 aliphatic carbocycles. The predicted molar refractivity (Wildman–Crippen MR) is 71.8 cm³/mol. The third-order valence-corrected chi connectivity index (χ3v) is 3.39. The highest BCUT2D eigenvalue weighted by Crippen LogP contribution is 2.35. The summed E-state index contributed by atoms with van der Waals surface area (Å²) in [4.78, 5) is 4.24. The van der Waals surface area contributed by atoms with E-state index in [0.29, 0.717) is 12.2 Å². The second kappa shape index (κ2) is 5.09. The quantitative estimate of drug-likeness (QED) is 0.937. The van der Waals surface area contributed by atoms with Gasteiger partial charge in [0.15, 0.2) is 0 Å². The third kappa shape index (κ3) is 2.40. The summed E-state index contributed by atoms with van der Waals surface area (Å²) < 4.78 is 40.7. The molecular weight excluding hydrogens is 267 g/mol. The topological polar surface area (TPSA) is 43.3 Å². The second-order valence-electron chi connectivity index (χ2n) is 5.29. The van der Waals surface area contributed by atoms with Crippen LogP contribution in [0.15, 0.2) is 18.3 Å². The fourth-order valence-corrected chi connectivity index (χ4v) is 2.35. The Kier molecular flexibility index (Phi) is 3.77. The molecule has 0 saturated heterocycles. The van der Waals surface area contributed by atoms with Gasteiger partial charge in [-0.05, 0) is 18.1 Å². The van der Waals surface area contributed by atoms with Gasteiger partial charge in [-0.25, -0.2) is 4.98 Å². The molecular formula is C14H18F3N3. The highest BCUT2D eigenvalue weighted by Gasteiger charge is 2.35. The van der Waals surface area contributed by atoms with Gasteiger partial charge in [0.25, 0.3) is 0 Å². The lowest BCUT2D eigenvalue weighted by Crippen LogP contribution is -2.14. The molecule has 2 heterocycles. The lowest BCUT2D eigenvalue weighted by molar-refractivity contribution is -0.136. The van der Waals surface area contributed by atoms with Crippen LogP contribution in [0.5, 0.6) is 0 Å². The van der Waals surface area contributed by atoms with Crippen molar-refractivity contribution >= 4 is 5.65 Å². The third-order valence-electron chi connectivity index (χ3n) is 3.39. The summed E-state index contributed by atoms with van der Waals surface area (Å²) in [5.41, 5.74) is 6.38. The number of hydrogen-bond donors (Lipinski definition) is 1. The minimum Gasteiger partial charge on any atom is -0.330 e. The van der Waals surface area contributed by atoms with E-state index in [2.05, 4.69) is 4.98 Å². The standard InChI is InChI=1S/C14H18F3N3/c1-8(2)11-12(9(3)7-18)20-6-4-5-10(13(20)19-11)14(15,16)17/h4-6,8-9H,7,18H2,1-3H3. The van der Waals surface area contributed by atoms with E-state index in [4.69, 9.17) is 5.73 Å². The van der Waals surface area contributed by atoms with Crippen molar-refractivity contribution in [3.8, 4) is 0 Å². The van der Waals surface area contributed by atoms with Gasteiger partial charge in [0, 0.05) is 24.4 Å². The number of alkyl halides is 3. The SMILES string of the molecule is CC(C)c1nc2c(C(F)(F)F)cccn2c1C(C)CN. The van der Waals surface area contributed by atoms with Crippen molar-refractivity contribution in [1.82, 2.24) is 9.38 Å². The monoisotopic (exact) mass is 285 g/mol. The first-order valence-corrected chi connectivity index (χ1v) is 6.55. The van der Waals surface area contributed by atoms with Crippen LogP contribution >= 0.6 is 0 Å². The van der Waals surface area contributed by atoms with Gasteiger partial charge in [-0.1, -0.05) is 20.8 Å². The molecule has 0 aliphatic heterocycles. The first-order chi connectivity index (χ1) is 9.27. The highest BCUT2D eigenvalue weighted by atomic mass is 19.4. The van der Waals surface area contributed by atoms with Crippen molar-refractivity contribution in [3.05, 3.63) is 35.3 Å². The number of rotatable bonds is 3. The van der Waals surface area contributed by atoms with E-state index in [0.717, 1.165) is 11.8 Å². The van der Waals surface area contributed by atoms with Crippen LogP contribution in [-0.2, 0) is 6.18 Å². The number of fused-ring (bicyclic) bond motifs is 1. The molecule has 0 aromatic carbocycles. The molecule has 1 unspecified atom stereocenters. The zero-order valence-electron chi connectivity index (χ0n) is 11.7. The Labute approximate surface area is 115 Å². The van der Waals surface area contributed by atoms with Gasteiger partial charge < -0.3 is 10.1 Å². The maximum Gasteiger partial charge on any atom is 0.419 e. The van der Waals surface area contributed by atoms with Gasteiger partial charge in [0.1, 0.15) is 5.65 Å². The van der Waals surface area contributed by atoms with Crippen LogP contribution in [0.3, 0.4) is 0 Å². The predicted octanol–water partition coefficient (Wildman–Crippen LogP) is 3.54. The molecule has 110 valence electrons. The van der Waals surface area contributed by atoms with E-state index >= 15 is 0 Å². The Bertz CT molecular complexity index is 614. The van der Waals surface area contributed by atoms with Crippen molar-refractivity contribution < 1.29 is 13.2 Å². The van der Waals surface area contributed by atoms with Gasteiger partial charge in [-0.3, -0.25) is 0 Å². The van der Waals surface area contributed by atoms with Crippen molar-refractivity contribution in [2.75, 3.05) is 6.54 Å². The zero-order valence-corrected chi connectivity index (χ0v) is 11.7. The molecule has 3 nitrogen and oxygen atoms in total. The van der Waals surface area contributed by atoms with Gasteiger partial charge in [0.05, 0.1) is 11.3 Å². The van der Waals surface area contributed by atoms with Crippen LogP contribution in [0.2, 0.25) is 0 Å². The van der Waals surface area contributed by atoms with E-state index in [1.807, 2.05) is 20.8 Å². The number of halogens is 3. The first kappa shape index (κ1) is 14.8. The molecule has 0 spiro atoms. The highest BCUT2D eigenvalue weighted by molar-refractivity contribution is 5.53. The van der Waals surface area contributed by atoms with Crippen molar-refractivity contribution in [2.45, 2.75) is 38.8 Å². The summed E-state index contributed by atoms with van der Waals surface area (Å²) >= 11 is 0. The average Bonchev–Trinajstić information content (AvgIpc) is 2.75. The van der Waals surface area contributed by atoms with Crippen LogP contribution in [0, 0.1) is 0 Å². The van der Waals surface area contributed by atoms with Crippen molar-refractivity contribution in [1.29, 1.82) is 0 Å². The van der Waals surface area contributed by atoms with Crippen LogP contribution in [0.25, 0.3) is 5.65 Å². The maximum absolute atomic E-state index is 13.1. The number of nitrogens with zero attached hydrogens (tertiary/aromatic N) is 2. The largest absolute Gasteiger partial charge is 0.419 e. The average molecular weight is 285 g/mol. The zero-order chi connectivity index (χ0) is 15.1. The van der Waals surface area contributed by atoms with Crippen LogP contribution in [0.1, 0.15) is 49.6 Å². The number of hydrogen-bond acceptors (Lipinski definition) is 2. The Balaban J connectivity index is 2.81. The normalized spacial score (nSPS) is 14.2. The molecule has 0 bridgehead atoms. The van der Waals surface area contributed by atoms with Gasteiger partial charge in [0.2, 0.25) is 0 Å². The molecule has 6 heteroatoms. The molecule has 20 heavy (non-hydrogen) atoms. The number of aromatic nitrogens is 2. The summed E-state index contributed by atoms with van der Waals surface area (Å²) in [5.74, 6) is -0.00846. The van der Waals surface area contributed by atoms with E-state index in [9.17, 15) is 13.2 Å². The Morgan fingerprint density at radius 2 is 1.95 bits per heavy atom. The number of imidazole rings is 1. The van der Waals surface area contributed by atoms with Crippen LogP contribution in [0.4, 0.5) is 13.2 Å². The summed E-state index contributed by atoms with van der Waals surface area (Å²) in [6.45, 7) is 6.10. The lowest BCUT2D eigenvalue weighted by Gasteiger charge is -2.13. The molecule has 0 fully saturated rings. The fraction of sp³-hybridized carbons (Fsp3) is 0.500. The maximum atomic E-state index is 13.1. The first-order valence-electron chi connectivity index (χ1n) is 6.55. The summed E-state index contributed by atoms with van der Waals surface area (Å²) in [5, 5.41) is 0. The Hall–Kier alpha value is -1.56. The van der Waals surface area contributed by atoms with Gasteiger partial charge >= 0.3 is 6.18 Å². The van der Waals surface area contributed by atoms with E-state index in [1.54, 1.807) is 6.20 Å². The van der Waals surface area contributed by atoms with E-state index in [1.165, 1.54) is 10.5 Å². The Morgan fingerprint density at radius 3 is 2.45 bits per heavy atom. The lowest BCUT2D eigenvalue weighted by atomic mass is 10.00. The van der Waals surface area contributed by atoms with E-state index < -0.39 is 11.7 Å². The molecule has 0 radical (unpaired) electrons. The smallest absolute Gasteiger partial charge is 0.330 e. The van der Waals surface area contributed by atoms with Crippen LogP contribution < -0.4 is 5.73 Å². The van der Waals surface area contributed by atoms with Crippen LogP contribution in [-0.4, -0.2) is 15.9 Å². The van der Waals surface area contributed by atoms with Gasteiger partial charge in [-0.15, -0.1) is 0 Å². The van der Waals surface area contributed by atoms with Crippen molar-refractivity contribution in [3.63, 3.8) is 0 Å². The minimum absolute atomic E-state index is 0.0417. The number of pyridine rings is 1. The summed E-state index contributed by atoms with van der Waals surface area (Å²) in [6, 6.07) is 2.46. The summed E-state index contributed by atoms with van der Waals surface area (Å²) in [6.07, 6.45) is -2.80. The molecule has 0 aliphatic rings. The molecule has 0 amide bonds. The second-order valence-corrected chi connectivity index (χ2v) is 5.29. The minimum atomic E-state index is -4.41. The molecule has 0 saturated carbocycles. The molecule has 2 aromatic rings. The Morgan fingerprint density at radius 1 is 1.30 bits per heavy atom. The fourth-order valence-electron chi connectivity index (χ4n) is 2.35. The molecule has 2 N–H and O–H groups in total. The van der Waals surface area contributed by atoms with Crippen molar-refractivity contribution in [2.24, 2.45) is 5.73 Å². The molecule has 2 rings (SSSR count).